The molecule has 0 fully saturated rings. The van der Waals surface area contributed by atoms with Crippen molar-refractivity contribution in [3.8, 4) is 0 Å². The first-order valence-corrected chi connectivity index (χ1v) is 10.2. The van der Waals surface area contributed by atoms with Gasteiger partial charge in [-0.05, 0) is 54.8 Å². The molecule has 31 heavy (non-hydrogen) atoms. The van der Waals surface area contributed by atoms with E-state index in [2.05, 4.69) is 21.2 Å². The lowest BCUT2D eigenvalue weighted by Gasteiger charge is -2.14. The number of nitrogens with one attached hydrogen (secondary N) is 3. The van der Waals surface area contributed by atoms with Gasteiger partial charge < -0.3 is 10.6 Å². The number of rotatable bonds is 4. The third-order valence-corrected chi connectivity index (χ3v) is 5.23. The molecule has 7 heteroatoms. The van der Waals surface area contributed by atoms with E-state index in [0.29, 0.717) is 28.4 Å². The van der Waals surface area contributed by atoms with Gasteiger partial charge in [-0.15, -0.1) is 0 Å². The van der Waals surface area contributed by atoms with Gasteiger partial charge in [0.05, 0.1) is 11.8 Å². The average molecular weight is 433 g/mol. The van der Waals surface area contributed by atoms with Crippen LogP contribution < -0.4 is 16.1 Å². The summed E-state index contributed by atoms with van der Waals surface area (Å²) in [6, 6.07) is 21.2. The third-order valence-electron chi connectivity index (χ3n) is 4.99. The molecular formula is C24H21ClN4O2. The van der Waals surface area contributed by atoms with E-state index in [1.54, 1.807) is 30.3 Å². The van der Waals surface area contributed by atoms with Gasteiger partial charge in [-0.25, -0.2) is 10.2 Å². The van der Waals surface area contributed by atoms with E-state index >= 15 is 0 Å². The number of fused-ring (bicyclic) bond motifs is 1. The van der Waals surface area contributed by atoms with Gasteiger partial charge in [0, 0.05) is 21.8 Å². The average Bonchev–Trinajstić information content (AvgIpc) is 3.09. The molecule has 156 valence electrons. The first kappa shape index (κ1) is 20.6. The van der Waals surface area contributed by atoms with E-state index in [-0.39, 0.29) is 11.9 Å². The Kier molecular flexibility index (Phi) is 6.00. The Labute approximate surface area is 185 Å². The van der Waals surface area contributed by atoms with E-state index in [1.165, 1.54) is 0 Å². The third kappa shape index (κ3) is 4.92. The van der Waals surface area contributed by atoms with Crippen molar-refractivity contribution in [2.75, 3.05) is 5.32 Å². The van der Waals surface area contributed by atoms with Gasteiger partial charge in [-0.3, -0.25) is 4.79 Å². The van der Waals surface area contributed by atoms with Crippen molar-refractivity contribution in [3.63, 3.8) is 0 Å². The van der Waals surface area contributed by atoms with Crippen molar-refractivity contribution in [1.82, 2.24) is 10.7 Å². The van der Waals surface area contributed by atoms with Gasteiger partial charge in [0.1, 0.15) is 0 Å². The summed E-state index contributed by atoms with van der Waals surface area (Å²) in [6.07, 6.45) is 0.586. The van der Waals surface area contributed by atoms with Crippen LogP contribution in [0.5, 0.6) is 0 Å². The van der Waals surface area contributed by atoms with Gasteiger partial charge in [0.25, 0.3) is 5.91 Å². The van der Waals surface area contributed by atoms with E-state index in [4.69, 9.17) is 11.6 Å². The van der Waals surface area contributed by atoms with Gasteiger partial charge in [0.15, 0.2) is 0 Å². The summed E-state index contributed by atoms with van der Waals surface area (Å²) in [6.45, 7) is 1.95. The molecule has 0 heterocycles. The highest BCUT2D eigenvalue weighted by molar-refractivity contribution is 6.31. The topological polar surface area (TPSA) is 82.6 Å². The molecule has 3 aromatic rings. The molecule has 1 aliphatic carbocycles. The second-order valence-electron chi connectivity index (χ2n) is 7.33. The molecular weight excluding hydrogens is 412 g/mol. The van der Waals surface area contributed by atoms with Gasteiger partial charge in [0.2, 0.25) is 0 Å². The Morgan fingerprint density at radius 2 is 1.81 bits per heavy atom. The predicted octanol–water partition coefficient (Wildman–Crippen LogP) is 4.53. The number of urea groups is 1. The summed E-state index contributed by atoms with van der Waals surface area (Å²) in [7, 11) is 0. The molecule has 3 aromatic carbocycles. The summed E-state index contributed by atoms with van der Waals surface area (Å²) < 4.78 is 0. The maximum atomic E-state index is 12.7. The lowest BCUT2D eigenvalue weighted by molar-refractivity contribution is 0.0947. The number of hydrazone groups is 1. The summed E-state index contributed by atoms with van der Waals surface area (Å²) in [4.78, 5) is 25.1. The van der Waals surface area contributed by atoms with E-state index < -0.39 is 6.03 Å². The quantitative estimate of drug-likeness (QED) is 0.529. The first-order valence-electron chi connectivity index (χ1n) is 9.85. The van der Waals surface area contributed by atoms with Crippen LogP contribution in [0, 0.1) is 6.92 Å². The van der Waals surface area contributed by atoms with Crippen molar-refractivity contribution in [2.45, 2.75) is 19.4 Å². The highest BCUT2D eigenvalue weighted by Gasteiger charge is 2.30. The summed E-state index contributed by atoms with van der Waals surface area (Å²) in [5.74, 6) is -0.253. The maximum absolute atomic E-state index is 12.7. The number of nitrogens with zero attached hydrogens (tertiary/aromatic N) is 1. The van der Waals surface area contributed by atoms with Crippen molar-refractivity contribution in [1.29, 1.82) is 0 Å². The number of anilines is 1. The van der Waals surface area contributed by atoms with Crippen molar-refractivity contribution in [3.05, 3.63) is 100 Å². The first-order chi connectivity index (χ1) is 15.0. The molecule has 6 nitrogen and oxygen atoms in total. The van der Waals surface area contributed by atoms with Crippen molar-refractivity contribution in [2.24, 2.45) is 5.10 Å². The molecule has 1 unspecified atom stereocenters. The number of halogens is 1. The highest BCUT2D eigenvalue weighted by Crippen LogP contribution is 2.23. The number of aryl methyl sites for hydroxylation is 1. The Balaban J connectivity index is 1.52. The molecule has 0 radical (unpaired) electrons. The lowest BCUT2D eigenvalue weighted by Crippen LogP contribution is -2.40. The lowest BCUT2D eigenvalue weighted by atomic mass is 10.1. The number of carbonyl (C=O) groups excluding carboxylic acids is 2. The number of carbonyl (C=O) groups is 2. The fraction of sp³-hybridized carbons (Fsp3) is 0.125. The zero-order valence-electron chi connectivity index (χ0n) is 16.9. The SMILES string of the molecule is Cc1cccc(NC(=O)N/N=C2\c3ccccc3CC2NC(=O)c2cccc(Cl)c2)c1. The number of hydrogen-bond donors (Lipinski definition) is 3. The van der Waals surface area contributed by atoms with Gasteiger partial charge >= 0.3 is 6.03 Å². The Hall–Kier alpha value is -3.64. The predicted molar refractivity (Wildman–Crippen MR) is 123 cm³/mol. The van der Waals surface area contributed by atoms with Crippen LogP contribution in [0.25, 0.3) is 0 Å². The normalized spacial score (nSPS) is 15.9. The number of hydrogen-bond acceptors (Lipinski definition) is 3. The van der Waals surface area contributed by atoms with Crippen LogP contribution in [0.4, 0.5) is 10.5 Å². The molecule has 3 N–H and O–H groups in total. The smallest absolute Gasteiger partial charge is 0.339 e. The minimum absolute atomic E-state index is 0.253. The summed E-state index contributed by atoms with van der Waals surface area (Å²) >= 11 is 6.01. The molecule has 0 saturated carbocycles. The summed E-state index contributed by atoms with van der Waals surface area (Å²) in [5, 5.41) is 10.6. The molecule has 0 spiro atoms. The molecule has 0 saturated heterocycles. The molecule has 1 atom stereocenters. The Bertz CT molecular complexity index is 1180. The molecule has 3 amide bonds. The number of amides is 3. The van der Waals surface area contributed by atoms with Crippen LogP contribution in [0.3, 0.4) is 0 Å². The van der Waals surface area contributed by atoms with Crippen molar-refractivity contribution < 1.29 is 9.59 Å². The molecule has 0 bridgehead atoms. The zero-order chi connectivity index (χ0) is 21.8. The fourth-order valence-corrected chi connectivity index (χ4v) is 3.76. The van der Waals surface area contributed by atoms with E-state index in [9.17, 15) is 9.59 Å². The maximum Gasteiger partial charge on any atom is 0.339 e. The zero-order valence-corrected chi connectivity index (χ0v) is 17.6. The largest absolute Gasteiger partial charge is 0.343 e. The second-order valence-corrected chi connectivity index (χ2v) is 7.77. The minimum atomic E-state index is -0.456. The van der Waals surface area contributed by atoms with Crippen LogP contribution in [-0.4, -0.2) is 23.7 Å². The standard InChI is InChI=1S/C24H21ClN4O2/c1-15-6-4-10-19(12-15)26-24(31)29-28-22-20-11-3-2-7-16(20)14-21(22)27-23(30)17-8-5-9-18(25)13-17/h2-13,21H,14H2,1H3,(H,27,30)(H2,26,29,31)/b28-22+. The van der Waals surface area contributed by atoms with Gasteiger partial charge in [-0.2, -0.15) is 5.10 Å². The monoisotopic (exact) mass is 432 g/mol. The molecule has 0 aliphatic heterocycles. The fourth-order valence-electron chi connectivity index (χ4n) is 3.57. The Morgan fingerprint density at radius 3 is 2.61 bits per heavy atom. The second kappa shape index (κ2) is 9.02. The van der Waals surface area contributed by atoms with E-state index in [1.807, 2.05) is 49.4 Å². The van der Waals surface area contributed by atoms with Crippen LogP contribution in [0.15, 0.2) is 77.9 Å². The van der Waals surface area contributed by atoms with Crippen LogP contribution in [0.2, 0.25) is 5.02 Å². The van der Waals surface area contributed by atoms with Crippen LogP contribution in [0.1, 0.15) is 27.0 Å². The Morgan fingerprint density at radius 1 is 1.00 bits per heavy atom. The molecule has 1 aliphatic rings. The number of benzene rings is 3. The minimum Gasteiger partial charge on any atom is -0.343 e. The van der Waals surface area contributed by atoms with Crippen molar-refractivity contribution >= 4 is 34.9 Å². The highest BCUT2D eigenvalue weighted by atomic mass is 35.5. The van der Waals surface area contributed by atoms with E-state index in [0.717, 1.165) is 16.7 Å². The van der Waals surface area contributed by atoms with Crippen LogP contribution in [-0.2, 0) is 6.42 Å². The van der Waals surface area contributed by atoms with Gasteiger partial charge in [-0.1, -0.05) is 54.1 Å². The molecule has 4 rings (SSSR count). The van der Waals surface area contributed by atoms with Crippen LogP contribution >= 0.6 is 11.6 Å². The molecule has 0 aromatic heterocycles. The summed E-state index contributed by atoms with van der Waals surface area (Å²) in [5.41, 5.74) is 7.29.